The van der Waals surface area contributed by atoms with Crippen LogP contribution in [0, 0.1) is 6.92 Å². The molecule has 31 heavy (non-hydrogen) atoms. The van der Waals surface area contributed by atoms with Gasteiger partial charge in [0, 0.05) is 29.2 Å². The Hall–Kier alpha value is -2.86. The lowest BCUT2D eigenvalue weighted by molar-refractivity contribution is 0.0791. The number of rotatable bonds is 4. The summed E-state index contributed by atoms with van der Waals surface area (Å²) in [6, 6.07) is 9.03. The largest absolute Gasteiger partial charge is 0.366 e. The van der Waals surface area contributed by atoms with Gasteiger partial charge in [0.15, 0.2) is 0 Å². The van der Waals surface area contributed by atoms with E-state index in [1.807, 2.05) is 30.0 Å². The fourth-order valence-corrected chi connectivity index (χ4v) is 5.37. The second-order valence-corrected chi connectivity index (χ2v) is 9.14. The van der Waals surface area contributed by atoms with Gasteiger partial charge in [-0.2, -0.15) is 0 Å². The zero-order valence-corrected chi connectivity index (χ0v) is 18.3. The maximum Gasteiger partial charge on any atom is 0.254 e. The number of hydrogen-bond acceptors (Lipinski definition) is 3. The zero-order chi connectivity index (χ0) is 21.8. The number of hydrogen-bond donors (Lipinski definition) is 2. The predicted molar refractivity (Wildman–Crippen MR) is 121 cm³/mol. The number of fused-ring (bicyclic) bond motifs is 1. The van der Waals surface area contributed by atoms with Gasteiger partial charge in [-0.25, -0.2) is 4.98 Å². The average molecular weight is 437 g/mol. The van der Waals surface area contributed by atoms with Gasteiger partial charge < -0.3 is 15.6 Å². The first-order chi connectivity index (χ1) is 14.9. The number of nitrogens with one attached hydrogen (secondary N) is 1. The summed E-state index contributed by atoms with van der Waals surface area (Å²) in [6.07, 6.45) is 4.75. The second-order valence-electron chi connectivity index (χ2n) is 8.71. The van der Waals surface area contributed by atoms with Crippen LogP contribution in [0.3, 0.4) is 0 Å². The minimum atomic E-state index is -0.483. The molecule has 2 aliphatic rings. The Labute approximate surface area is 185 Å². The highest BCUT2D eigenvalue weighted by molar-refractivity contribution is 6.31. The lowest BCUT2D eigenvalue weighted by Crippen LogP contribution is -2.40. The molecule has 0 unspecified atom stereocenters. The summed E-state index contributed by atoms with van der Waals surface area (Å²) in [5.74, 6) is 0.342. The smallest absolute Gasteiger partial charge is 0.254 e. The molecule has 3 N–H and O–H groups in total. The molecule has 1 saturated carbocycles. The maximum atomic E-state index is 13.2. The van der Waals surface area contributed by atoms with E-state index in [-0.39, 0.29) is 5.91 Å². The first kappa shape index (κ1) is 20.1. The molecule has 2 heterocycles. The Balaban J connectivity index is 1.69. The van der Waals surface area contributed by atoms with Crippen molar-refractivity contribution < 1.29 is 9.59 Å². The molecule has 3 aromatic rings. The average Bonchev–Trinajstić information content (AvgIpc) is 3.37. The molecule has 1 aromatic heterocycles. The Morgan fingerprint density at radius 2 is 1.81 bits per heavy atom. The Kier molecular flexibility index (Phi) is 4.77. The van der Waals surface area contributed by atoms with Crippen molar-refractivity contribution in [3.8, 4) is 0 Å². The highest BCUT2D eigenvalue weighted by atomic mass is 35.5. The van der Waals surface area contributed by atoms with E-state index in [0.717, 1.165) is 73.2 Å². The van der Waals surface area contributed by atoms with E-state index in [1.165, 1.54) is 0 Å². The van der Waals surface area contributed by atoms with Crippen LogP contribution in [-0.4, -0.2) is 39.8 Å². The molecule has 0 bridgehead atoms. The molecule has 0 radical (unpaired) electrons. The fourth-order valence-electron chi connectivity index (χ4n) is 5.20. The quantitative estimate of drug-likeness (QED) is 0.637. The molecule has 0 spiro atoms. The van der Waals surface area contributed by atoms with E-state index in [1.54, 1.807) is 12.1 Å². The van der Waals surface area contributed by atoms with Gasteiger partial charge in [0.1, 0.15) is 5.82 Å². The van der Waals surface area contributed by atoms with Crippen molar-refractivity contribution in [1.29, 1.82) is 0 Å². The normalized spacial score (nSPS) is 17.7. The Morgan fingerprint density at radius 3 is 2.45 bits per heavy atom. The SMILES string of the molecule is Cc1c(C(=O)N2CCCC2)ccc(C(N)=O)c1C1(c2nc3ccc(Cl)cc3[nH]2)CCC1. The number of imidazole rings is 1. The molecule has 1 aliphatic heterocycles. The van der Waals surface area contributed by atoms with Crippen molar-refractivity contribution in [3.63, 3.8) is 0 Å². The number of benzene rings is 2. The number of halogens is 1. The minimum Gasteiger partial charge on any atom is -0.366 e. The summed E-state index contributed by atoms with van der Waals surface area (Å²) in [4.78, 5) is 35.8. The predicted octanol–water partition coefficient (Wildman–Crippen LogP) is 4.33. The molecule has 2 amide bonds. The van der Waals surface area contributed by atoms with Crippen LogP contribution in [0.15, 0.2) is 30.3 Å². The van der Waals surface area contributed by atoms with Crippen LogP contribution in [0.1, 0.15) is 69.8 Å². The van der Waals surface area contributed by atoms with Crippen LogP contribution < -0.4 is 5.73 Å². The Bertz CT molecular complexity index is 1210. The number of carbonyl (C=O) groups excluding carboxylic acids is 2. The molecule has 0 atom stereocenters. The first-order valence-electron chi connectivity index (χ1n) is 10.8. The highest BCUT2D eigenvalue weighted by Crippen LogP contribution is 2.51. The summed E-state index contributed by atoms with van der Waals surface area (Å²) in [5.41, 5.74) is 9.78. The van der Waals surface area contributed by atoms with E-state index in [4.69, 9.17) is 22.3 Å². The van der Waals surface area contributed by atoms with Crippen LogP contribution in [0.4, 0.5) is 0 Å². The number of aromatic nitrogens is 2. The number of amides is 2. The van der Waals surface area contributed by atoms with E-state index < -0.39 is 11.3 Å². The fraction of sp³-hybridized carbons (Fsp3) is 0.375. The molecule has 160 valence electrons. The van der Waals surface area contributed by atoms with Crippen molar-refractivity contribution >= 4 is 34.4 Å². The number of primary amides is 1. The van der Waals surface area contributed by atoms with Crippen molar-refractivity contribution in [2.75, 3.05) is 13.1 Å². The third-order valence-electron chi connectivity index (χ3n) is 6.94. The van der Waals surface area contributed by atoms with Gasteiger partial charge in [0.2, 0.25) is 5.91 Å². The number of H-pyrrole nitrogens is 1. The molecule has 6 nitrogen and oxygen atoms in total. The molecular weight excluding hydrogens is 412 g/mol. The summed E-state index contributed by atoms with van der Waals surface area (Å²) in [6.45, 7) is 3.49. The molecule has 1 aliphatic carbocycles. The van der Waals surface area contributed by atoms with Crippen molar-refractivity contribution in [1.82, 2.24) is 14.9 Å². The van der Waals surface area contributed by atoms with Crippen molar-refractivity contribution in [3.05, 3.63) is 63.4 Å². The molecule has 5 rings (SSSR count). The van der Waals surface area contributed by atoms with E-state index >= 15 is 0 Å². The van der Waals surface area contributed by atoms with Crippen LogP contribution in [0.25, 0.3) is 11.0 Å². The van der Waals surface area contributed by atoms with Crippen molar-refractivity contribution in [2.45, 2.75) is 44.4 Å². The molecule has 2 aromatic carbocycles. The lowest BCUT2D eigenvalue weighted by atomic mass is 9.61. The monoisotopic (exact) mass is 436 g/mol. The topological polar surface area (TPSA) is 92.1 Å². The number of carbonyl (C=O) groups is 2. The molecular formula is C24H25ClN4O2. The van der Waals surface area contributed by atoms with Crippen LogP contribution in [0.5, 0.6) is 0 Å². The summed E-state index contributed by atoms with van der Waals surface area (Å²) < 4.78 is 0. The van der Waals surface area contributed by atoms with E-state index in [2.05, 4.69) is 4.98 Å². The maximum absolute atomic E-state index is 13.2. The summed E-state index contributed by atoms with van der Waals surface area (Å²) in [7, 11) is 0. The van der Waals surface area contributed by atoms with Gasteiger partial charge in [0.25, 0.3) is 5.91 Å². The zero-order valence-electron chi connectivity index (χ0n) is 17.5. The van der Waals surface area contributed by atoms with Crippen LogP contribution in [-0.2, 0) is 5.41 Å². The summed E-state index contributed by atoms with van der Waals surface area (Å²) >= 11 is 6.17. The Morgan fingerprint density at radius 1 is 1.10 bits per heavy atom. The van der Waals surface area contributed by atoms with E-state index in [9.17, 15) is 9.59 Å². The number of likely N-dealkylation sites (tertiary alicyclic amines) is 1. The molecule has 7 heteroatoms. The number of nitrogens with two attached hydrogens (primary N) is 1. The number of aromatic amines is 1. The minimum absolute atomic E-state index is 0.0260. The first-order valence-corrected chi connectivity index (χ1v) is 11.2. The van der Waals surface area contributed by atoms with Gasteiger partial charge in [-0.1, -0.05) is 18.0 Å². The van der Waals surface area contributed by atoms with Gasteiger partial charge >= 0.3 is 0 Å². The van der Waals surface area contributed by atoms with Gasteiger partial charge in [0.05, 0.1) is 16.4 Å². The second kappa shape index (κ2) is 7.38. The van der Waals surface area contributed by atoms with E-state index in [0.29, 0.717) is 16.1 Å². The third kappa shape index (κ3) is 3.12. The molecule has 1 saturated heterocycles. The molecule has 2 fully saturated rings. The third-order valence-corrected chi connectivity index (χ3v) is 7.17. The van der Waals surface area contributed by atoms with Crippen LogP contribution in [0.2, 0.25) is 5.02 Å². The van der Waals surface area contributed by atoms with Gasteiger partial charge in [-0.05, 0) is 74.1 Å². The van der Waals surface area contributed by atoms with Crippen molar-refractivity contribution in [2.24, 2.45) is 5.73 Å². The van der Waals surface area contributed by atoms with Gasteiger partial charge in [-0.15, -0.1) is 0 Å². The number of nitrogens with zero attached hydrogens (tertiary/aromatic N) is 2. The van der Waals surface area contributed by atoms with Crippen LogP contribution >= 0.6 is 11.6 Å². The van der Waals surface area contributed by atoms with Gasteiger partial charge in [-0.3, -0.25) is 9.59 Å². The standard InChI is InChI=1S/C24H25ClN4O2/c1-14-16(22(31)29-11-2-3-12-29)6-7-17(21(26)30)20(14)24(9-4-10-24)23-27-18-8-5-15(25)13-19(18)28-23/h5-8,13H,2-4,9-12H2,1H3,(H2,26,30)(H,27,28). The summed E-state index contributed by atoms with van der Waals surface area (Å²) in [5, 5.41) is 0.637. The lowest BCUT2D eigenvalue weighted by Gasteiger charge is -2.43. The highest BCUT2D eigenvalue weighted by Gasteiger charge is 2.46.